The fourth-order valence-electron chi connectivity index (χ4n) is 0.975. The van der Waals surface area contributed by atoms with Crippen molar-refractivity contribution < 1.29 is 4.79 Å². The zero-order valence-corrected chi connectivity index (χ0v) is 10.0. The van der Waals surface area contributed by atoms with Crippen molar-refractivity contribution in [3.63, 3.8) is 0 Å². The number of amides is 1. The van der Waals surface area contributed by atoms with E-state index in [9.17, 15) is 4.79 Å². The molecule has 1 aromatic heterocycles. The van der Waals surface area contributed by atoms with Crippen LogP contribution in [0, 0.1) is 6.92 Å². The van der Waals surface area contributed by atoms with Gasteiger partial charge in [-0.3, -0.25) is 4.79 Å². The quantitative estimate of drug-likeness (QED) is 0.787. The van der Waals surface area contributed by atoms with Crippen molar-refractivity contribution in [1.29, 1.82) is 0 Å². The van der Waals surface area contributed by atoms with Crippen LogP contribution in [0.25, 0.3) is 0 Å². The number of carbonyl (C=O) groups excluding carboxylic acids is 1. The lowest BCUT2D eigenvalue weighted by atomic mass is 10.3. The highest BCUT2D eigenvalue weighted by atomic mass is 32.2. The highest BCUT2D eigenvalue weighted by Gasteiger charge is 2.09. The number of aromatic nitrogens is 1. The smallest absolute Gasteiger partial charge is 0.222 e. The first-order valence-corrected chi connectivity index (χ1v) is 6.31. The number of carbonyl (C=O) groups is 1. The largest absolute Gasteiger partial charge is 0.369 e. The van der Waals surface area contributed by atoms with Gasteiger partial charge in [0.05, 0.1) is 12.1 Å². The predicted octanol–water partition coefficient (Wildman–Crippen LogP) is 1.98. The van der Waals surface area contributed by atoms with Gasteiger partial charge in [-0.2, -0.15) is 0 Å². The zero-order valence-electron chi connectivity index (χ0n) is 8.37. The van der Waals surface area contributed by atoms with Gasteiger partial charge in [-0.15, -0.1) is 11.3 Å². The summed E-state index contributed by atoms with van der Waals surface area (Å²) in [6, 6.07) is 0. The number of rotatable bonds is 5. The SMILES string of the molecule is CCCSc1nc(C)c(CC(N)=O)s1. The van der Waals surface area contributed by atoms with Gasteiger partial charge < -0.3 is 5.73 Å². The zero-order chi connectivity index (χ0) is 10.6. The van der Waals surface area contributed by atoms with Gasteiger partial charge in [-0.25, -0.2) is 4.98 Å². The van der Waals surface area contributed by atoms with E-state index in [4.69, 9.17) is 5.73 Å². The first kappa shape index (κ1) is 11.5. The summed E-state index contributed by atoms with van der Waals surface area (Å²) >= 11 is 3.32. The van der Waals surface area contributed by atoms with Crippen molar-refractivity contribution >= 4 is 29.0 Å². The van der Waals surface area contributed by atoms with Crippen molar-refractivity contribution in [2.45, 2.75) is 31.0 Å². The van der Waals surface area contributed by atoms with Gasteiger partial charge in [0.1, 0.15) is 4.34 Å². The summed E-state index contributed by atoms with van der Waals surface area (Å²) < 4.78 is 1.04. The van der Waals surface area contributed by atoms with E-state index < -0.39 is 0 Å². The van der Waals surface area contributed by atoms with Crippen LogP contribution < -0.4 is 5.73 Å². The molecule has 0 atom stereocenters. The summed E-state index contributed by atoms with van der Waals surface area (Å²) in [5.41, 5.74) is 6.07. The molecule has 0 spiro atoms. The molecule has 0 saturated heterocycles. The standard InChI is InChI=1S/C9H14N2OS2/c1-3-4-13-9-11-6(2)7(14-9)5-8(10)12/h3-5H2,1-2H3,(H2,10,12). The maximum Gasteiger partial charge on any atom is 0.222 e. The number of thioether (sulfide) groups is 1. The van der Waals surface area contributed by atoms with Crippen molar-refractivity contribution in [1.82, 2.24) is 4.98 Å². The number of nitrogens with two attached hydrogens (primary N) is 1. The molecule has 0 aliphatic rings. The lowest BCUT2D eigenvalue weighted by Crippen LogP contribution is -2.13. The van der Waals surface area contributed by atoms with E-state index >= 15 is 0 Å². The maximum atomic E-state index is 10.7. The van der Waals surface area contributed by atoms with Crippen LogP contribution >= 0.6 is 23.1 Å². The lowest BCUT2D eigenvalue weighted by molar-refractivity contribution is -0.117. The molecule has 0 aliphatic heterocycles. The van der Waals surface area contributed by atoms with E-state index in [-0.39, 0.29) is 5.91 Å². The van der Waals surface area contributed by atoms with Gasteiger partial charge in [0.15, 0.2) is 0 Å². The third-order valence-corrected chi connectivity index (χ3v) is 4.14. The van der Waals surface area contributed by atoms with Crippen LogP contribution in [-0.4, -0.2) is 16.6 Å². The normalized spacial score (nSPS) is 10.4. The molecule has 0 aromatic carbocycles. The van der Waals surface area contributed by atoms with Crippen LogP contribution in [0.1, 0.15) is 23.9 Å². The van der Waals surface area contributed by atoms with Gasteiger partial charge in [0, 0.05) is 10.6 Å². The molecule has 1 rings (SSSR count). The lowest BCUT2D eigenvalue weighted by Gasteiger charge is -1.91. The third kappa shape index (κ3) is 3.31. The number of hydrogen-bond donors (Lipinski definition) is 1. The Bertz CT molecular complexity index is 323. The minimum atomic E-state index is -0.288. The van der Waals surface area contributed by atoms with E-state index in [1.807, 2.05) is 6.92 Å². The fourth-order valence-corrected chi connectivity index (χ4v) is 3.14. The van der Waals surface area contributed by atoms with E-state index in [2.05, 4.69) is 11.9 Å². The monoisotopic (exact) mass is 230 g/mol. The van der Waals surface area contributed by atoms with Crippen LogP contribution in [-0.2, 0) is 11.2 Å². The Kier molecular flexibility index (Phi) is 4.41. The molecule has 0 bridgehead atoms. The molecule has 0 unspecified atom stereocenters. The average molecular weight is 230 g/mol. The molecule has 3 nitrogen and oxygen atoms in total. The van der Waals surface area contributed by atoms with E-state index in [0.29, 0.717) is 6.42 Å². The molecule has 14 heavy (non-hydrogen) atoms. The summed E-state index contributed by atoms with van der Waals surface area (Å²) in [6.45, 7) is 4.06. The van der Waals surface area contributed by atoms with Crippen molar-refractivity contribution in [3.05, 3.63) is 10.6 Å². The Hall–Kier alpha value is -0.550. The molecular weight excluding hydrogens is 216 g/mol. The van der Waals surface area contributed by atoms with Crippen LogP contribution in [0.15, 0.2) is 4.34 Å². The topological polar surface area (TPSA) is 56.0 Å². The minimum absolute atomic E-state index is 0.288. The van der Waals surface area contributed by atoms with Crippen LogP contribution in [0.5, 0.6) is 0 Å². The molecule has 2 N–H and O–H groups in total. The van der Waals surface area contributed by atoms with Crippen molar-refractivity contribution in [3.8, 4) is 0 Å². The fraction of sp³-hybridized carbons (Fsp3) is 0.556. The minimum Gasteiger partial charge on any atom is -0.369 e. The number of nitrogens with zero attached hydrogens (tertiary/aromatic N) is 1. The van der Waals surface area contributed by atoms with Crippen LogP contribution in [0.4, 0.5) is 0 Å². The molecule has 1 heterocycles. The first-order chi connectivity index (χ1) is 6.63. The van der Waals surface area contributed by atoms with Crippen molar-refractivity contribution in [2.24, 2.45) is 5.73 Å². The molecule has 5 heteroatoms. The summed E-state index contributed by atoms with van der Waals surface area (Å²) in [6.07, 6.45) is 1.45. The second kappa shape index (κ2) is 5.36. The molecule has 0 fully saturated rings. The molecule has 1 aromatic rings. The van der Waals surface area contributed by atoms with Gasteiger partial charge >= 0.3 is 0 Å². The predicted molar refractivity (Wildman–Crippen MR) is 60.8 cm³/mol. The summed E-state index contributed by atoms with van der Waals surface area (Å²) in [4.78, 5) is 16.1. The molecule has 1 amide bonds. The van der Waals surface area contributed by atoms with Crippen LogP contribution in [0.3, 0.4) is 0 Å². The number of aryl methyl sites for hydroxylation is 1. The third-order valence-electron chi connectivity index (χ3n) is 1.64. The number of hydrogen-bond acceptors (Lipinski definition) is 4. The Morgan fingerprint density at radius 2 is 2.36 bits per heavy atom. The Morgan fingerprint density at radius 3 is 2.93 bits per heavy atom. The average Bonchev–Trinajstić information content (AvgIpc) is 2.43. The van der Waals surface area contributed by atoms with E-state index in [0.717, 1.165) is 27.1 Å². The Morgan fingerprint density at radius 1 is 1.64 bits per heavy atom. The maximum absolute atomic E-state index is 10.7. The van der Waals surface area contributed by atoms with Gasteiger partial charge in [0.25, 0.3) is 0 Å². The second-order valence-electron chi connectivity index (χ2n) is 2.98. The Labute approximate surface area is 92.1 Å². The Balaban J connectivity index is 2.66. The van der Waals surface area contributed by atoms with Gasteiger partial charge in [-0.05, 0) is 13.3 Å². The summed E-state index contributed by atoms with van der Waals surface area (Å²) in [5.74, 6) is 0.784. The highest BCUT2D eigenvalue weighted by Crippen LogP contribution is 2.27. The van der Waals surface area contributed by atoms with Crippen LogP contribution in [0.2, 0.25) is 0 Å². The van der Waals surface area contributed by atoms with E-state index in [1.54, 1.807) is 23.1 Å². The molecule has 0 radical (unpaired) electrons. The van der Waals surface area contributed by atoms with E-state index in [1.165, 1.54) is 0 Å². The number of thiazole rings is 1. The molecule has 0 saturated carbocycles. The van der Waals surface area contributed by atoms with Crippen molar-refractivity contribution in [2.75, 3.05) is 5.75 Å². The summed E-state index contributed by atoms with van der Waals surface area (Å²) in [7, 11) is 0. The molecular formula is C9H14N2OS2. The second-order valence-corrected chi connectivity index (χ2v) is 5.41. The molecule has 0 aliphatic carbocycles. The highest BCUT2D eigenvalue weighted by molar-refractivity contribution is 8.01. The number of primary amides is 1. The van der Waals surface area contributed by atoms with Gasteiger partial charge in [-0.1, -0.05) is 18.7 Å². The first-order valence-electron chi connectivity index (χ1n) is 4.51. The summed E-state index contributed by atoms with van der Waals surface area (Å²) in [5, 5.41) is 0. The molecule has 78 valence electrons. The van der Waals surface area contributed by atoms with Gasteiger partial charge in [0.2, 0.25) is 5.91 Å².